The minimum Gasteiger partial charge on any atom is -0.489 e. The van der Waals surface area contributed by atoms with Gasteiger partial charge in [0.15, 0.2) is 6.10 Å². The number of carbonyl (C=O) groups excluding carboxylic acids is 2. The van der Waals surface area contributed by atoms with Crippen LogP contribution in [0, 0.1) is 11.3 Å². The molecule has 0 aliphatic rings. The Labute approximate surface area is 134 Å². The maximum Gasteiger partial charge on any atom is 0.339 e. The number of nitrogens with zero attached hydrogens (tertiary/aromatic N) is 1. The highest BCUT2D eigenvalue weighted by molar-refractivity contribution is 6.32. The van der Waals surface area contributed by atoms with Crippen LogP contribution < -0.4 is 10.1 Å². The van der Waals surface area contributed by atoms with E-state index in [2.05, 4.69) is 5.32 Å². The average Bonchev–Trinajstić information content (AvgIpc) is 2.47. The van der Waals surface area contributed by atoms with Crippen molar-refractivity contribution < 1.29 is 19.1 Å². The van der Waals surface area contributed by atoms with E-state index in [4.69, 9.17) is 26.3 Å². The van der Waals surface area contributed by atoms with Crippen LogP contribution in [0.4, 0.5) is 0 Å². The fourth-order valence-electron chi connectivity index (χ4n) is 1.61. The van der Waals surface area contributed by atoms with E-state index in [1.807, 2.05) is 13.8 Å². The number of halogens is 1. The van der Waals surface area contributed by atoms with Gasteiger partial charge < -0.3 is 14.8 Å². The first kappa shape index (κ1) is 17.8. The van der Waals surface area contributed by atoms with Crippen molar-refractivity contribution in [1.29, 1.82) is 5.26 Å². The predicted octanol–water partition coefficient (Wildman–Crippen LogP) is 2.31. The Morgan fingerprint density at radius 1 is 1.41 bits per heavy atom. The zero-order valence-corrected chi connectivity index (χ0v) is 13.3. The highest BCUT2D eigenvalue weighted by Gasteiger charge is 2.23. The second-order valence-corrected chi connectivity index (χ2v) is 5.09. The third-order valence-electron chi connectivity index (χ3n) is 2.60. The summed E-state index contributed by atoms with van der Waals surface area (Å²) < 4.78 is 10.5. The van der Waals surface area contributed by atoms with Gasteiger partial charge in [-0.2, -0.15) is 5.26 Å². The summed E-state index contributed by atoms with van der Waals surface area (Å²) in [5, 5.41) is 11.3. The van der Waals surface area contributed by atoms with Crippen molar-refractivity contribution in [2.45, 2.75) is 32.5 Å². The van der Waals surface area contributed by atoms with Crippen LogP contribution in [-0.4, -0.2) is 31.1 Å². The average molecular weight is 325 g/mol. The van der Waals surface area contributed by atoms with E-state index < -0.39 is 18.0 Å². The normalized spacial score (nSPS) is 11.5. The van der Waals surface area contributed by atoms with Crippen LogP contribution >= 0.6 is 11.6 Å². The van der Waals surface area contributed by atoms with Crippen LogP contribution in [0.1, 0.15) is 30.6 Å². The third-order valence-corrected chi connectivity index (χ3v) is 2.89. The molecule has 0 saturated heterocycles. The smallest absolute Gasteiger partial charge is 0.339 e. The summed E-state index contributed by atoms with van der Waals surface area (Å²) in [6.45, 7) is 3.71. The number of carbonyl (C=O) groups is 2. The maximum atomic E-state index is 12.0. The lowest BCUT2D eigenvalue weighted by atomic mass is 10.2. The first-order chi connectivity index (χ1) is 10.4. The minimum absolute atomic E-state index is 0.0523. The summed E-state index contributed by atoms with van der Waals surface area (Å²) in [6, 6.07) is 6.23. The molecule has 1 atom stereocenters. The van der Waals surface area contributed by atoms with E-state index in [0.29, 0.717) is 5.75 Å². The molecule has 0 aromatic heterocycles. The number of esters is 1. The second kappa shape index (κ2) is 8.25. The number of amides is 1. The standard InChI is InChI=1S/C15H17ClN2O4/c1-9(2)21-12-5-4-10(8-11(12)16)15(20)22-13(6-7-17)14(19)18-3/h4-5,8-9,13H,6H2,1-3H3,(H,18,19)/t13-/m0/s1. The Hall–Kier alpha value is -2.26. The molecule has 1 rings (SSSR count). The van der Waals surface area contributed by atoms with Crippen molar-refractivity contribution in [3.63, 3.8) is 0 Å². The highest BCUT2D eigenvalue weighted by Crippen LogP contribution is 2.26. The molecule has 118 valence electrons. The summed E-state index contributed by atoms with van der Waals surface area (Å²) in [5.74, 6) is -0.823. The van der Waals surface area contributed by atoms with E-state index in [-0.39, 0.29) is 23.1 Å². The number of nitriles is 1. The fourth-order valence-corrected chi connectivity index (χ4v) is 1.83. The van der Waals surface area contributed by atoms with Crippen LogP contribution in [0.2, 0.25) is 5.02 Å². The molecule has 0 aliphatic carbocycles. The molecule has 0 unspecified atom stereocenters. The number of hydrogen-bond donors (Lipinski definition) is 1. The van der Waals surface area contributed by atoms with Crippen LogP contribution in [0.3, 0.4) is 0 Å². The number of nitrogens with one attached hydrogen (secondary N) is 1. The molecule has 1 N–H and O–H groups in total. The van der Waals surface area contributed by atoms with Crippen LogP contribution in [-0.2, 0) is 9.53 Å². The summed E-state index contributed by atoms with van der Waals surface area (Å²) in [4.78, 5) is 23.6. The molecule has 0 fully saturated rings. The SMILES string of the molecule is CNC(=O)[C@H](CC#N)OC(=O)c1ccc(OC(C)C)c(Cl)c1. The van der Waals surface area contributed by atoms with Crippen molar-refractivity contribution in [3.05, 3.63) is 28.8 Å². The first-order valence-corrected chi connectivity index (χ1v) is 7.02. The monoisotopic (exact) mass is 324 g/mol. The van der Waals surface area contributed by atoms with E-state index in [1.54, 1.807) is 12.1 Å². The summed E-state index contributed by atoms with van der Waals surface area (Å²) in [7, 11) is 1.40. The van der Waals surface area contributed by atoms with Gasteiger partial charge in [-0.3, -0.25) is 4.79 Å². The maximum absolute atomic E-state index is 12.0. The van der Waals surface area contributed by atoms with Gasteiger partial charge in [0.2, 0.25) is 0 Å². The number of benzene rings is 1. The zero-order valence-electron chi connectivity index (χ0n) is 12.6. The Morgan fingerprint density at radius 3 is 2.59 bits per heavy atom. The van der Waals surface area contributed by atoms with Crippen molar-refractivity contribution in [2.75, 3.05) is 7.05 Å². The quantitative estimate of drug-likeness (QED) is 0.811. The lowest BCUT2D eigenvalue weighted by Crippen LogP contribution is -2.35. The molecule has 7 heteroatoms. The molecule has 0 radical (unpaired) electrons. The molecule has 1 amide bonds. The van der Waals surface area contributed by atoms with Gasteiger partial charge in [-0.05, 0) is 32.0 Å². The van der Waals surface area contributed by atoms with Gasteiger partial charge in [0.25, 0.3) is 5.91 Å². The summed E-state index contributed by atoms with van der Waals surface area (Å²) in [5.41, 5.74) is 0.174. The fraction of sp³-hybridized carbons (Fsp3) is 0.400. The number of likely N-dealkylation sites (N-methyl/N-ethyl adjacent to an activating group) is 1. The van der Waals surface area contributed by atoms with Crippen molar-refractivity contribution in [2.24, 2.45) is 0 Å². The zero-order chi connectivity index (χ0) is 16.7. The number of ether oxygens (including phenoxy) is 2. The predicted molar refractivity (Wildman–Crippen MR) is 80.7 cm³/mol. The van der Waals surface area contributed by atoms with E-state index in [9.17, 15) is 9.59 Å². The molecular weight excluding hydrogens is 308 g/mol. The molecule has 1 aromatic carbocycles. The first-order valence-electron chi connectivity index (χ1n) is 6.64. The molecule has 0 heterocycles. The minimum atomic E-state index is -1.16. The Balaban J connectivity index is 2.87. The van der Waals surface area contributed by atoms with Gasteiger partial charge in [-0.15, -0.1) is 0 Å². The van der Waals surface area contributed by atoms with Gasteiger partial charge in [0.1, 0.15) is 5.75 Å². The lowest BCUT2D eigenvalue weighted by molar-refractivity contribution is -0.129. The van der Waals surface area contributed by atoms with Gasteiger partial charge in [-0.1, -0.05) is 11.6 Å². The topological polar surface area (TPSA) is 88.4 Å². The molecular formula is C15H17ClN2O4. The van der Waals surface area contributed by atoms with Gasteiger partial charge in [-0.25, -0.2) is 4.79 Å². The van der Waals surface area contributed by atoms with Crippen LogP contribution in [0.25, 0.3) is 0 Å². The second-order valence-electron chi connectivity index (χ2n) is 4.68. The van der Waals surface area contributed by atoms with E-state index in [0.717, 1.165) is 0 Å². The molecule has 0 spiro atoms. The molecule has 0 saturated carbocycles. The molecule has 1 aromatic rings. The highest BCUT2D eigenvalue weighted by atomic mass is 35.5. The lowest BCUT2D eigenvalue weighted by Gasteiger charge is -2.15. The summed E-state index contributed by atoms with van der Waals surface area (Å²) in [6.07, 6.45) is -1.44. The van der Waals surface area contributed by atoms with Crippen molar-refractivity contribution >= 4 is 23.5 Å². The van der Waals surface area contributed by atoms with Crippen molar-refractivity contribution in [3.8, 4) is 11.8 Å². The Morgan fingerprint density at radius 2 is 2.09 bits per heavy atom. The molecule has 0 bridgehead atoms. The number of rotatable bonds is 6. The van der Waals surface area contributed by atoms with Crippen LogP contribution in [0.15, 0.2) is 18.2 Å². The third kappa shape index (κ3) is 4.93. The van der Waals surface area contributed by atoms with Gasteiger partial charge in [0, 0.05) is 7.05 Å². The molecule has 6 nitrogen and oxygen atoms in total. The Bertz CT molecular complexity index is 596. The Kier molecular flexibility index (Phi) is 6.67. The molecule has 0 aliphatic heterocycles. The van der Waals surface area contributed by atoms with E-state index >= 15 is 0 Å². The molecule has 22 heavy (non-hydrogen) atoms. The van der Waals surface area contributed by atoms with Crippen molar-refractivity contribution in [1.82, 2.24) is 5.32 Å². The van der Waals surface area contributed by atoms with Crippen LogP contribution in [0.5, 0.6) is 5.75 Å². The van der Waals surface area contributed by atoms with Gasteiger partial charge in [0.05, 0.1) is 29.2 Å². The van der Waals surface area contributed by atoms with E-state index in [1.165, 1.54) is 19.2 Å². The number of hydrogen-bond acceptors (Lipinski definition) is 5. The van der Waals surface area contributed by atoms with Gasteiger partial charge >= 0.3 is 5.97 Å². The summed E-state index contributed by atoms with van der Waals surface area (Å²) >= 11 is 6.04. The largest absolute Gasteiger partial charge is 0.489 e.